The highest BCUT2D eigenvalue weighted by Crippen LogP contribution is 2.27. The number of halogens is 1. The quantitative estimate of drug-likeness (QED) is 0.330. The molecule has 0 bridgehead atoms. The second-order valence-electron chi connectivity index (χ2n) is 6.91. The standard InChI is InChI=1S/C15H23ClN4O2Si/c1-19(2)15-13-14(11(9-21)8-12(16)17-13)20(18-15)10-22-6-7-23(3,4)5/h8-9H,6-7,10H2,1-5H3. The summed E-state index contributed by atoms with van der Waals surface area (Å²) in [6, 6.07) is 2.63. The smallest absolute Gasteiger partial charge is 0.176 e. The molecule has 0 aromatic carbocycles. The van der Waals surface area contributed by atoms with E-state index in [9.17, 15) is 4.79 Å². The normalized spacial score (nSPS) is 11.9. The zero-order valence-electron chi connectivity index (χ0n) is 14.3. The number of aromatic nitrogens is 3. The van der Waals surface area contributed by atoms with Gasteiger partial charge in [0.25, 0.3) is 0 Å². The van der Waals surface area contributed by atoms with Crippen molar-refractivity contribution in [1.29, 1.82) is 0 Å². The summed E-state index contributed by atoms with van der Waals surface area (Å²) in [4.78, 5) is 17.6. The maximum atomic E-state index is 11.4. The van der Waals surface area contributed by atoms with Gasteiger partial charge in [-0.25, -0.2) is 9.67 Å². The maximum Gasteiger partial charge on any atom is 0.176 e. The Balaban J connectivity index is 2.34. The van der Waals surface area contributed by atoms with Crippen LogP contribution in [0.2, 0.25) is 30.8 Å². The average molecular weight is 355 g/mol. The van der Waals surface area contributed by atoms with E-state index in [1.807, 2.05) is 19.0 Å². The van der Waals surface area contributed by atoms with Gasteiger partial charge in [0.05, 0.1) is 0 Å². The van der Waals surface area contributed by atoms with Crippen LogP contribution in [0.25, 0.3) is 11.0 Å². The number of aldehydes is 1. The van der Waals surface area contributed by atoms with Crippen LogP contribution in [0.4, 0.5) is 5.82 Å². The molecule has 0 N–H and O–H groups in total. The molecule has 0 atom stereocenters. The van der Waals surface area contributed by atoms with Crippen molar-refractivity contribution in [3.63, 3.8) is 0 Å². The Morgan fingerprint density at radius 1 is 1.39 bits per heavy atom. The van der Waals surface area contributed by atoms with Crippen LogP contribution in [-0.2, 0) is 11.5 Å². The van der Waals surface area contributed by atoms with Crippen LogP contribution in [0.3, 0.4) is 0 Å². The van der Waals surface area contributed by atoms with E-state index in [4.69, 9.17) is 16.3 Å². The van der Waals surface area contributed by atoms with Gasteiger partial charge in [-0.1, -0.05) is 31.2 Å². The molecule has 0 aliphatic heterocycles. The third-order valence-corrected chi connectivity index (χ3v) is 5.33. The van der Waals surface area contributed by atoms with E-state index in [0.717, 1.165) is 12.3 Å². The Kier molecular flexibility index (Phi) is 5.44. The molecule has 23 heavy (non-hydrogen) atoms. The zero-order chi connectivity index (χ0) is 17.2. The fourth-order valence-electron chi connectivity index (χ4n) is 2.18. The van der Waals surface area contributed by atoms with Crippen LogP contribution < -0.4 is 4.90 Å². The molecule has 0 saturated carbocycles. The van der Waals surface area contributed by atoms with E-state index in [1.165, 1.54) is 0 Å². The highest BCUT2D eigenvalue weighted by atomic mass is 35.5. The van der Waals surface area contributed by atoms with E-state index in [-0.39, 0.29) is 5.15 Å². The van der Waals surface area contributed by atoms with Crippen LogP contribution in [0.5, 0.6) is 0 Å². The summed E-state index contributed by atoms with van der Waals surface area (Å²) in [5.74, 6) is 0.666. The van der Waals surface area contributed by atoms with Gasteiger partial charge >= 0.3 is 0 Å². The summed E-state index contributed by atoms with van der Waals surface area (Å²) in [5.41, 5.74) is 1.73. The summed E-state index contributed by atoms with van der Waals surface area (Å²) < 4.78 is 7.45. The predicted molar refractivity (Wildman–Crippen MR) is 96.4 cm³/mol. The van der Waals surface area contributed by atoms with E-state index in [1.54, 1.807) is 10.7 Å². The number of pyridine rings is 1. The molecule has 2 rings (SSSR count). The number of nitrogens with zero attached hydrogens (tertiary/aromatic N) is 4. The average Bonchev–Trinajstić information content (AvgIpc) is 2.80. The molecule has 6 nitrogen and oxygen atoms in total. The topological polar surface area (TPSA) is 60.2 Å². The first-order valence-electron chi connectivity index (χ1n) is 7.50. The fourth-order valence-corrected chi connectivity index (χ4v) is 3.14. The van der Waals surface area contributed by atoms with Gasteiger partial charge in [-0.05, 0) is 12.1 Å². The Morgan fingerprint density at radius 2 is 2.09 bits per heavy atom. The van der Waals surface area contributed by atoms with Crippen LogP contribution in [-0.4, -0.2) is 49.8 Å². The van der Waals surface area contributed by atoms with Crippen molar-refractivity contribution >= 4 is 42.8 Å². The number of carbonyl (C=O) groups excluding carboxylic acids is 1. The number of rotatable bonds is 7. The van der Waals surface area contributed by atoms with Crippen molar-refractivity contribution in [3.05, 3.63) is 16.8 Å². The van der Waals surface area contributed by atoms with Gasteiger partial charge in [0, 0.05) is 34.3 Å². The van der Waals surface area contributed by atoms with Crippen molar-refractivity contribution < 1.29 is 9.53 Å². The van der Waals surface area contributed by atoms with Crippen molar-refractivity contribution in [2.45, 2.75) is 32.4 Å². The molecule has 126 valence electrons. The first-order valence-corrected chi connectivity index (χ1v) is 11.6. The molecule has 0 radical (unpaired) electrons. The fraction of sp³-hybridized carbons (Fsp3) is 0.533. The van der Waals surface area contributed by atoms with Gasteiger partial charge in [0.15, 0.2) is 12.1 Å². The van der Waals surface area contributed by atoms with Crippen molar-refractivity contribution in [3.8, 4) is 0 Å². The minimum Gasteiger partial charge on any atom is -0.360 e. The second kappa shape index (κ2) is 6.98. The number of hydrogen-bond donors (Lipinski definition) is 0. The highest BCUT2D eigenvalue weighted by Gasteiger charge is 2.18. The van der Waals surface area contributed by atoms with Gasteiger partial charge in [-0.2, -0.15) is 0 Å². The van der Waals surface area contributed by atoms with Crippen LogP contribution in [0.1, 0.15) is 10.4 Å². The van der Waals surface area contributed by atoms with Gasteiger partial charge < -0.3 is 9.64 Å². The van der Waals surface area contributed by atoms with Gasteiger partial charge in [0.2, 0.25) is 0 Å². The van der Waals surface area contributed by atoms with Crippen molar-refractivity contribution in [1.82, 2.24) is 14.8 Å². The van der Waals surface area contributed by atoms with E-state index in [2.05, 4.69) is 29.7 Å². The molecule has 0 fully saturated rings. The molecule has 2 heterocycles. The van der Waals surface area contributed by atoms with E-state index < -0.39 is 8.07 Å². The summed E-state index contributed by atoms with van der Waals surface area (Å²) in [6.07, 6.45) is 0.773. The Labute approximate surface area is 142 Å². The Hall–Kier alpha value is -1.44. The number of ether oxygens (including phenoxy) is 1. The molecular weight excluding hydrogens is 332 g/mol. The molecule has 0 unspecified atom stereocenters. The first-order chi connectivity index (χ1) is 10.7. The second-order valence-corrected chi connectivity index (χ2v) is 12.9. The molecule has 0 saturated heterocycles. The van der Waals surface area contributed by atoms with E-state index >= 15 is 0 Å². The first kappa shape index (κ1) is 17.9. The lowest BCUT2D eigenvalue weighted by molar-refractivity contribution is 0.0817. The van der Waals surface area contributed by atoms with Crippen LogP contribution in [0, 0.1) is 0 Å². The highest BCUT2D eigenvalue weighted by molar-refractivity contribution is 6.76. The zero-order valence-corrected chi connectivity index (χ0v) is 16.0. The molecular formula is C15H23ClN4O2Si. The lowest BCUT2D eigenvalue weighted by Crippen LogP contribution is -2.22. The third kappa shape index (κ3) is 4.30. The maximum absolute atomic E-state index is 11.4. The molecule has 0 aliphatic rings. The predicted octanol–water partition coefficient (Wildman–Crippen LogP) is 3.28. The molecule has 0 amide bonds. The van der Waals surface area contributed by atoms with Crippen molar-refractivity contribution in [2.75, 3.05) is 25.6 Å². The number of hydrogen-bond acceptors (Lipinski definition) is 5. The Bertz CT molecular complexity index is 710. The van der Waals surface area contributed by atoms with Gasteiger partial charge in [-0.3, -0.25) is 4.79 Å². The number of anilines is 1. The molecule has 8 heteroatoms. The van der Waals surface area contributed by atoms with Crippen LogP contribution in [0.15, 0.2) is 6.07 Å². The lowest BCUT2D eigenvalue weighted by Gasteiger charge is -2.15. The van der Waals surface area contributed by atoms with Gasteiger partial charge in [0.1, 0.15) is 22.9 Å². The van der Waals surface area contributed by atoms with Crippen LogP contribution >= 0.6 is 11.6 Å². The lowest BCUT2D eigenvalue weighted by atomic mass is 10.2. The Morgan fingerprint density at radius 3 is 2.65 bits per heavy atom. The van der Waals surface area contributed by atoms with Crippen molar-refractivity contribution in [2.24, 2.45) is 0 Å². The van der Waals surface area contributed by atoms with Gasteiger partial charge in [-0.15, -0.1) is 5.10 Å². The number of fused-ring (bicyclic) bond motifs is 1. The number of carbonyl (C=O) groups is 1. The molecule has 2 aromatic heterocycles. The summed E-state index contributed by atoms with van der Waals surface area (Å²) in [5, 5.41) is 4.80. The monoisotopic (exact) mass is 354 g/mol. The summed E-state index contributed by atoms with van der Waals surface area (Å²) >= 11 is 6.01. The summed E-state index contributed by atoms with van der Waals surface area (Å²) in [6.45, 7) is 7.89. The molecule has 0 spiro atoms. The summed E-state index contributed by atoms with van der Waals surface area (Å²) in [7, 11) is 2.62. The molecule has 2 aromatic rings. The minimum absolute atomic E-state index is 0.280. The molecule has 0 aliphatic carbocycles. The van der Waals surface area contributed by atoms with E-state index in [0.29, 0.717) is 35.8 Å². The third-order valence-electron chi connectivity index (χ3n) is 3.44. The minimum atomic E-state index is -1.14. The largest absolute Gasteiger partial charge is 0.360 e. The SMILES string of the molecule is CN(C)c1nn(COCC[Si](C)(C)C)c2c(C=O)cc(Cl)nc12.